The molecule has 0 radical (unpaired) electrons. The molecule has 4 rings (SSSR count). The van der Waals surface area contributed by atoms with E-state index in [1.54, 1.807) is 0 Å². The van der Waals surface area contributed by atoms with E-state index in [2.05, 4.69) is 60.4 Å². The molecule has 2 aromatic carbocycles. The van der Waals surface area contributed by atoms with E-state index in [0.717, 1.165) is 66.8 Å². The highest BCUT2D eigenvalue weighted by molar-refractivity contribution is 9.10. The Morgan fingerprint density at radius 2 is 1.96 bits per heavy atom. The third-order valence-electron chi connectivity index (χ3n) is 5.38. The number of hydrogen-bond acceptors (Lipinski definition) is 3. The summed E-state index contributed by atoms with van der Waals surface area (Å²) in [4.78, 5) is 22.8. The van der Waals surface area contributed by atoms with Crippen molar-refractivity contribution in [3.63, 3.8) is 0 Å². The van der Waals surface area contributed by atoms with Crippen molar-refractivity contribution in [1.29, 1.82) is 0 Å². The van der Waals surface area contributed by atoms with Crippen LogP contribution in [0.5, 0.6) is 0 Å². The van der Waals surface area contributed by atoms with Crippen LogP contribution in [0.2, 0.25) is 0 Å². The number of fused-ring (bicyclic) bond motifs is 1. The molecular formula is C22H25BrN4O. The number of aromatic amines is 1. The van der Waals surface area contributed by atoms with E-state index in [4.69, 9.17) is 0 Å². The molecule has 1 amide bonds. The maximum Gasteiger partial charge on any atom is 0.223 e. The summed E-state index contributed by atoms with van der Waals surface area (Å²) in [7, 11) is 0. The minimum Gasteiger partial charge on any atom is -0.356 e. The SMILES string of the molecule is O=C(NCCCc1ccccc1)C1CCN(c2nc3ccc(Br)cc3[nH]2)CC1. The standard InChI is InChI=1S/C22H25BrN4O/c23-18-8-9-19-20(15-18)26-22(25-19)27-13-10-17(11-14-27)21(28)24-12-4-7-16-5-2-1-3-6-16/h1-3,5-6,8-9,15,17H,4,7,10-14H2,(H,24,28)(H,25,26). The molecule has 28 heavy (non-hydrogen) atoms. The van der Waals surface area contributed by atoms with Crippen LogP contribution in [0.3, 0.4) is 0 Å². The Morgan fingerprint density at radius 1 is 1.18 bits per heavy atom. The van der Waals surface area contributed by atoms with Gasteiger partial charge in [-0.3, -0.25) is 4.79 Å². The number of carbonyl (C=O) groups excluding carboxylic acids is 1. The van der Waals surface area contributed by atoms with Gasteiger partial charge in [0.05, 0.1) is 11.0 Å². The van der Waals surface area contributed by atoms with Gasteiger partial charge in [-0.2, -0.15) is 0 Å². The van der Waals surface area contributed by atoms with Crippen molar-refractivity contribution < 1.29 is 4.79 Å². The maximum absolute atomic E-state index is 12.5. The first kappa shape index (κ1) is 19.0. The van der Waals surface area contributed by atoms with Gasteiger partial charge in [0.25, 0.3) is 0 Å². The third kappa shape index (κ3) is 4.55. The molecule has 6 heteroatoms. The number of carbonyl (C=O) groups is 1. The first-order chi connectivity index (χ1) is 13.7. The largest absolute Gasteiger partial charge is 0.356 e. The van der Waals surface area contributed by atoms with Crippen LogP contribution in [-0.2, 0) is 11.2 Å². The van der Waals surface area contributed by atoms with Crippen molar-refractivity contribution in [2.45, 2.75) is 25.7 Å². The number of aromatic nitrogens is 2. The number of piperidine rings is 1. The molecule has 0 spiro atoms. The van der Waals surface area contributed by atoms with E-state index in [-0.39, 0.29) is 11.8 Å². The Hall–Kier alpha value is -2.34. The van der Waals surface area contributed by atoms with Crippen molar-refractivity contribution in [3.05, 3.63) is 58.6 Å². The molecule has 0 bridgehead atoms. The molecule has 0 atom stereocenters. The Balaban J connectivity index is 1.23. The van der Waals surface area contributed by atoms with Crippen LogP contribution in [0, 0.1) is 5.92 Å². The lowest BCUT2D eigenvalue weighted by atomic mass is 9.96. The van der Waals surface area contributed by atoms with Crippen molar-refractivity contribution in [2.24, 2.45) is 5.92 Å². The van der Waals surface area contributed by atoms with Crippen LogP contribution in [0.1, 0.15) is 24.8 Å². The van der Waals surface area contributed by atoms with Crippen LogP contribution in [-0.4, -0.2) is 35.5 Å². The Kier molecular flexibility index (Phi) is 5.95. The predicted octanol–water partition coefficient (Wildman–Crippen LogP) is 4.29. The average molecular weight is 441 g/mol. The van der Waals surface area contributed by atoms with Gasteiger partial charge >= 0.3 is 0 Å². The molecule has 1 saturated heterocycles. The van der Waals surface area contributed by atoms with Gasteiger partial charge in [0.2, 0.25) is 11.9 Å². The van der Waals surface area contributed by atoms with Crippen LogP contribution >= 0.6 is 15.9 Å². The van der Waals surface area contributed by atoms with Gasteiger partial charge in [-0.05, 0) is 49.4 Å². The molecule has 2 heterocycles. The summed E-state index contributed by atoms with van der Waals surface area (Å²) in [5, 5.41) is 3.12. The highest BCUT2D eigenvalue weighted by Crippen LogP contribution is 2.25. The molecule has 0 unspecified atom stereocenters. The molecule has 0 saturated carbocycles. The molecule has 3 aromatic rings. The predicted molar refractivity (Wildman–Crippen MR) is 117 cm³/mol. The third-order valence-corrected chi connectivity index (χ3v) is 5.87. The van der Waals surface area contributed by atoms with Crippen molar-refractivity contribution in [2.75, 3.05) is 24.5 Å². The number of rotatable bonds is 6. The van der Waals surface area contributed by atoms with Crippen LogP contribution < -0.4 is 10.2 Å². The van der Waals surface area contributed by atoms with Gasteiger partial charge < -0.3 is 15.2 Å². The Labute approximate surface area is 173 Å². The van der Waals surface area contributed by atoms with Crippen LogP contribution in [0.4, 0.5) is 5.95 Å². The highest BCUT2D eigenvalue weighted by atomic mass is 79.9. The number of nitrogens with one attached hydrogen (secondary N) is 2. The highest BCUT2D eigenvalue weighted by Gasteiger charge is 2.26. The van der Waals surface area contributed by atoms with Crippen LogP contribution in [0.15, 0.2) is 53.0 Å². The first-order valence-electron chi connectivity index (χ1n) is 9.91. The summed E-state index contributed by atoms with van der Waals surface area (Å²) in [6.45, 7) is 2.44. The van der Waals surface area contributed by atoms with Gasteiger partial charge in [0.15, 0.2) is 0 Å². The number of nitrogens with zero attached hydrogens (tertiary/aromatic N) is 2. The second kappa shape index (κ2) is 8.78. The number of anilines is 1. The first-order valence-corrected chi connectivity index (χ1v) is 10.7. The molecule has 2 N–H and O–H groups in total. The second-order valence-electron chi connectivity index (χ2n) is 7.36. The van der Waals surface area contributed by atoms with Gasteiger partial charge in [-0.25, -0.2) is 4.98 Å². The summed E-state index contributed by atoms with van der Waals surface area (Å²) in [6.07, 6.45) is 3.71. The molecule has 1 aliphatic heterocycles. The fraction of sp³-hybridized carbons (Fsp3) is 0.364. The Morgan fingerprint density at radius 3 is 2.75 bits per heavy atom. The summed E-state index contributed by atoms with van der Waals surface area (Å²) in [5.41, 5.74) is 3.32. The average Bonchev–Trinajstić information content (AvgIpc) is 3.15. The fourth-order valence-corrected chi connectivity index (χ4v) is 4.13. The lowest BCUT2D eigenvalue weighted by Gasteiger charge is -2.31. The molecule has 1 aliphatic rings. The summed E-state index contributed by atoms with van der Waals surface area (Å²) >= 11 is 3.49. The minimum absolute atomic E-state index is 0.103. The molecule has 0 aliphatic carbocycles. The second-order valence-corrected chi connectivity index (χ2v) is 8.28. The zero-order valence-electron chi connectivity index (χ0n) is 15.8. The smallest absolute Gasteiger partial charge is 0.223 e. The summed E-state index contributed by atoms with van der Waals surface area (Å²) in [5.74, 6) is 1.20. The van der Waals surface area contributed by atoms with Gasteiger partial charge in [-0.1, -0.05) is 46.3 Å². The monoisotopic (exact) mass is 440 g/mol. The van der Waals surface area contributed by atoms with Crippen LogP contribution in [0.25, 0.3) is 11.0 Å². The van der Waals surface area contributed by atoms with E-state index in [1.165, 1.54) is 5.56 Å². The van der Waals surface area contributed by atoms with Crippen molar-refractivity contribution >= 4 is 38.8 Å². The van der Waals surface area contributed by atoms with E-state index in [9.17, 15) is 4.79 Å². The number of hydrogen-bond donors (Lipinski definition) is 2. The van der Waals surface area contributed by atoms with E-state index >= 15 is 0 Å². The number of imidazole rings is 1. The van der Waals surface area contributed by atoms with Gasteiger partial charge in [-0.15, -0.1) is 0 Å². The normalized spacial score (nSPS) is 15.1. The van der Waals surface area contributed by atoms with E-state index in [0.29, 0.717) is 0 Å². The quantitative estimate of drug-likeness (QED) is 0.561. The van der Waals surface area contributed by atoms with Crippen molar-refractivity contribution in [1.82, 2.24) is 15.3 Å². The number of benzene rings is 2. The molecule has 146 valence electrons. The molecule has 5 nitrogen and oxygen atoms in total. The number of H-pyrrole nitrogens is 1. The zero-order valence-corrected chi connectivity index (χ0v) is 17.4. The van der Waals surface area contributed by atoms with E-state index in [1.807, 2.05) is 24.3 Å². The lowest BCUT2D eigenvalue weighted by molar-refractivity contribution is -0.125. The molecular weight excluding hydrogens is 416 g/mol. The Bertz CT molecular complexity index is 932. The fourth-order valence-electron chi connectivity index (χ4n) is 3.76. The summed E-state index contributed by atoms with van der Waals surface area (Å²) < 4.78 is 1.04. The number of aryl methyl sites for hydroxylation is 1. The molecule has 1 aromatic heterocycles. The summed E-state index contributed by atoms with van der Waals surface area (Å²) in [6, 6.07) is 16.5. The number of halogens is 1. The maximum atomic E-state index is 12.5. The number of amides is 1. The zero-order chi connectivity index (χ0) is 19.3. The topological polar surface area (TPSA) is 61.0 Å². The molecule has 1 fully saturated rings. The van der Waals surface area contributed by atoms with Gasteiger partial charge in [0.1, 0.15) is 0 Å². The minimum atomic E-state index is 0.103. The lowest BCUT2D eigenvalue weighted by Crippen LogP contribution is -2.41. The van der Waals surface area contributed by atoms with Crippen molar-refractivity contribution in [3.8, 4) is 0 Å². The van der Waals surface area contributed by atoms with Gasteiger partial charge in [0, 0.05) is 30.0 Å². The van der Waals surface area contributed by atoms with E-state index < -0.39 is 0 Å².